The molecule has 1 heterocycles. The van der Waals surface area contributed by atoms with Gasteiger partial charge in [-0.05, 0) is 36.8 Å². The number of hydrogen-bond donors (Lipinski definition) is 2. The second kappa shape index (κ2) is 9.15. The monoisotopic (exact) mass is 435 g/mol. The van der Waals surface area contributed by atoms with Crippen LogP contribution in [0.4, 0.5) is 11.4 Å². The molecular formula is C20H19Cl2N3O4. The summed E-state index contributed by atoms with van der Waals surface area (Å²) in [5.74, 6) is -0.326. The van der Waals surface area contributed by atoms with E-state index in [-0.39, 0.29) is 17.5 Å². The van der Waals surface area contributed by atoms with Gasteiger partial charge in [-0.2, -0.15) is 0 Å². The fraction of sp³-hybridized carbons (Fsp3) is 0.250. The van der Waals surface area contributed by atoms with Crippen LogP contribution in [0.1, 0.15) is 23.2 Å². The average Bonchev–Trinajstić information content (AvgIpc) is 3.13. The number of nitrogens with one attached hydrogen (secondary N) is 2. The van der Waals surface area contributed by atoms with Crippen molar-refractivity contribution in [2.75, 3.05) is 30.4 Å². The van der Waals surface area contributed by atoms with Crippen molar-refractivity contribution < 1.29 is 19.1 Å². The third-order valence-electron chi connectivity index (χ3n) is 4.42. The summed E-state index contributed by atoms with van der Waals surface area (Å²) in [6.07, 6.45) is 1.32. The van der Waals surface area contributed by atoms with Crippen LogP contribution in [0.3, 0.4) is 0 Å². The van der Waals surface area contributed by atoms with Crippen molar-refractivity contribution in [3.63, 3.8) is 0 Å². The van der Waals surface area contributed by atoms with Gasteiger partial charge in [0.05, 0.1) is 29.4 Å². The Morgan fingerprint density at radius 3 is 2.59 bits per heavy atom. The summed E-state index contributed by atoms with van der Waals surface area (Å²) in [6, 6.07) is 9.51. The fourth-order valence-electron chi connectivity index (χ4n) is 2.99. The van der Waals surface area contributed by atoms with E-state index < -0.39 is 11.8 Å². The van der Waals surface area contributed by atoms with Gasteiger partial charge in [0, 0.05) is 30.3 Å². The number of anilines is 2. The first-order valence-corrected chi connectivity index (χ1v) is 9.66. The van der Waals surface area contributed by atoms with Gasteiger partial charge in [-0.3, -0.25) is 14.4 Å². The van der Waals surface area contributed by atoms with E-state index in [9.17, 15) is 14.4 Å². The predicted molar refractivity (Wildman–Crippen MR) is 112 cm³/mol. The number of amides is 3. The number of carbonyl (C=O) groups is 3. The van der Waals surface area contributed by atoms with Crippen molar-refractivity contribution in [3.8, 4) is 5.75 Å². The molecule has 0 unspecified atom stereocenters. The molecule has 0 saturated carbocycles. The Kier molecular flexibility index (Phi) is 6.61. The van der Waals surface area contributed by atoms with Crippen molar-refractivity contribution in [2.45, 2.75) is 12.8 Å². The first kappa shape index (κ1) is 21.0. The highest BCUT2D eigenvalue weighted by molar-refractivity contribution is 6.42. The van der Waals surface area contributed by atoms with E-state index in [1.807, 2.05) is 0 Å². The van der Waals surface area contributed by atoms with Gasteiger partial charge in [0.15, 0.2) is 0 Å². The molecule has 7 nitrogen and oxygen atoms in total. The van der Waals surface area contributed by atoms with E-state index >= 15 is 0 Å². The highest BCUT2D eigenvalue weighted by Crippen LogP contribution is 2.33. The number of ether oxygens (including phenoxy) is 1. The highest BCUT2D eigenvalue weighted by Gasteiger charge is 2.24. The van der Waals surface area contributed by atoms with E-state index in [0.29, 0.717) is 40.7 Å². The standard InChI is InChI=1S/C20H19Cl2N3O4/c1-29-17-10-13(5-7-16(17)25-8-2-3-19(25)27)24-18(26)11-23-20(28)12-4-6-14(21)15(22)9-12/h4-7,9-10H,2-3,8,11H2,1H3,(H,23,28)(H,24,26). The molecule has 9 heteroatoms. The number of halogens is 2. The predicted octanol–water partition coefficient (Wildman–Crippen LogP) is 3.50. The fourth-order valence-corrected chi connectivity index (χ4v) is 3.28. The lowest BCUT2D eigenvalue weighted by Crippen LogP contribution is -2.32. The van der Waals surface area contributed by atoms with Gasteiger partial charge in [-0.25, -0.2) is 0 Å². The Labute approximate surface area is 177 Å². The minimum absolute atomic E-state index is 0.0464. The van der Waals surface area contributed by atoms with Crippen molar-refractivity contribution in [2.24, 2.45) is 0 Å². The zero-order chi connectivity index (χ0) is 21.0. The molecule has 0 radical (unpaired) electrons. The SMILES string of the molecule is COc1cc(NC(=O)CNC(=O)c2ccc(Cl)c(Cl)c2)ccc1N1CCCC1=O. The number of benzene rings is 2. The topological polar surface area (TPSA) is 87.7 Å². The molecule has 3 rings (SSSR count). The van der Waals surface area contributed by atoms with Gasteiger partial charge in [-0.15, -0.1) is 0 Å². The van der Waals surface area contributed by atoms with Crippen molar-refractivity contribution in [1.82, 2.24) is 5.32 Å². The van der Waals surface area contributed by atoms with Crippen LogP contribution in [-0.2, 0) is 9.59 Å². The zero-order valence-electron chi connectivity index (χ0n) is 15.6. The zero-order valence-corrected chi connectivity index (χ0v) is 17.1. The van der Waals surface area contributed by atoms with Crippen LogP contribution in [0.5, 0.6) is 5.75 Å². The Bertz CT molecular complexity index is 965. The Morgan fingerprint density at radius 2 is 1.93 bits per heavy atom. The molecule has 1 aliphatic rings. The van der Waals surface area contributed by atoms with Crippen LogP contribution in [0.15, 0.2) is 36.4 Å². The highest BCUT2D eigenvalue weighted by atomic mass is 35.5. The van der Waals surface area contributed by atoms with Gasteiger partial charge < -0.3 is 20.3 Å². The summed E-state index contributed by atoms with van der Waals surface area (Å²) in [5, 5.41) is 5.81. The minimum atomic E-state index is -0.445. The summed E-state index contributed by atoms with van der Waals surface area (Å²) in [6.45, 7) is 0.412. The molecule has 1 fully saturated rings. The number of nitrogens with zero attached hydrogens (tertiary/aromatic N) is 1. The van der Waals surface area contributed by atoms with Crippen LogP contribution >= 0.6 is 23.2 Å². The van der Waals surface area contributed by atoms with Crippen LogP contribution in [0, 0.1) is 0 Å². The quantitative estimate of drug-likeness (QED) is 0.726. The summed E-state index contributed by atoms with van der Waals surface area (Å²) in [7, 11) is 1.50. The second-order valence-electron chi connectivity index (χ2n) is 6.40. The summed E-state index contributed by atoms with van der Waals surface area (Å²) < 4.78 is 5.37. The molecule has 0 aliphatic carbocycles. The van der Waals surface area contributed by atoms with Crippen molar-refractivity contribution in [3.05, 3.63) is 52.0 Å². The minimum Gasteiger partial charge on any atom is -0.494 e. The molecule has 2 aromatic rings. The Morgan fingerprint density at radius 1 is 1.14 bits per heavy atom. The van der Waals surface area contributed by atoms with Gasteiger partial charge in [0.2, 0.25) is 11.8 Å². The first-order chi connectivity index (χ1) is 13.9. The van der Waals surface area contributed by atoms with E-state index in [0.717, 1.165) is 6.42 Å². The number of methoxy groups -OCH3 is 1. The molecule has 0 spiro atoms. The summed E-state index contributed by atoms with van der Waals surface area (Å²) in [5.41, 5.74) is 1.46. The third kappa shape index (κ3) is 4.99. The molecule has 3 amide bonds. The van der Waals surface area contributed by atoms with Gasteiger partial charge in [0.1, 0.15) is 5.75 Å². The van der Waals surface area contributed by atoms with Gasteiger partial charge >= 0.3 is 0 Å². The molecule has 0 atom stereocenters. The van der Waals surface area contributed by atoms with Crippen LogP contribution in [-0.4, -0.2) is 37.9 Å². The third-order valence-corrected chi connectivity index (χ3v) is 5.16. The molecule has 2 aromatic carbocycles. The maximum Gasteiger partial charge on any atom is 0.251 e. The van der Waals surface area contributed by atoms with Crippen LogP contribution < -0.4 is 20.3 Å². The molecule has 152 valence electrons. The second-order valence-corrected chi connectivity index (χ2v) is 7.21. The number of hydrogen-bond acceptors (Lipinski definition) is 4. The van der Waals surface area contributed by atoms with Crippen molar-refractivity contribution in [1.29, 1.82) is 0 Å². The number of carbonyl (C=O) groups excluding carboxylic acids is 3. The summed E-state index contributed by atoms with van der Waals surface area (Å²) >= 11 is 11.7. The van der Waals surface area contributed by atoms with E-state index in [1.54, 1.807) is 23.1 Å². The number of rotatable bonds is 6. The van der Waals surface area contributed by atoms with E-state index in [4.69, 9.17) is 27.9 Å². The normalized spacial score (nSPS) is 13.3. The largest absolute Gasteiger partial charge is 0.494 e. The Balaban J connectivity index is 1.60. The lowest BCUT2D eigenvalue weighted by Gasteiger charge is -2.19. The molecule has 1 saturated heterocycles. The molecule has 1 aliphatic heterocycles. The molecule has 2 N–H and O–H groups in total. The molecule has 29 heavy (non-hydrogen) atoms. The maximum atomic E-state index is 12.2. The molecular weight excluding hydrogens is 417 g/mol. The first-order valence-electron chi connectivity index (χ1n) is 8.90. The smallest absolute Gasteiger partial charge is 0.251 e. The van der Waals surface area contributed by atoms with E-state index in [2.05, 4.69) is 10.6 Å². The van der Waals surface area contributed by atoms with Crippen LogP contribution in [0.25, 0.3) is 0 Å². The van der Waals surface area contributed by atoms with Gasteiger partial charge in [0.25, 0.3) is 5.91 Å². The summed E-state index contributed by atoms with van der Waals surface area (Å²) in [4.78, 5) is 37.9. The molecule has 0 aromatic heterocycles. The van der Waals surface area contributed by atoms with Crippen LogP contribution in [0.2, 0.25) is 10.0 Å². The van der Waals surface area contributed by atoms with Crippen molar-refractivity contribution >= 4 is 52.3 Å². The Hall–Kier alpha value is -2.77. The van der Waals surface area contributed by atoms with E-state index in [1.165, 1.54) is 25.3 Å². The lowest BCUT2D eigenvalue weighted by atomic mass is 10.2. The van der Waals surface area contributed by atoms with Gasteiger partial charge in [-0.1, -0.05) is 23.2 Å². The lowest BCUT2D eigenvalue weighted by molar-refractivity contribution is -0.117. The maximum absolute atomic E-state index is 12.2. The molecule has 0 bridgehead atoms. The average molecular weight is 436 g/mol.